The van der Waals surface area contributed by atoms with Crippen molar-refractivity contribution in [1.29, 1.82) is 0 Å². The van der Waals surface area contributed by atoms with Gasteiger partial charge in [0, 0.05) is 27.4 Å². The largest absolute Gasteiger partial charge is 0.489 e. The maximum absolute atomic E-state index is 10.4. The number of ether oxygens (including phenoxy) is 1. The smallest absolute Gasteiger partial charge is 0.138 e. The summed E-state index contributed by atoms with van der Waals surface area (Å²) in [4.78, 5) is 4.08. The average Bonchev–Trinajstić information content (AvgIpc) is 2.40. The van der Waals surface area contributed by atoms with Crippen molar-refractivity contribution >= 4 is 23.2 Å². The van der Waals surface area contributed by atoms with E-state index in [1.54, 1.807) is 36.7 Å². The lowest BCUT2D eigenvalue weighted by Crippen LogP contribution is -2.07. The Morgan fingerprint density at radius 1 is 1.15 bits per heavy atom. The van der Waals surface area contributed by atoms with Crippen molar-refractivity contribution in [2.45, 2.75) is 26.1 Å². The maximum atomic E-state index is 10.4. The fourth-order valence-electron chi connectivity index (χ4n) is 1.83. The van der Waals surface area contributed by atoms with Gasteiger partial charge in [-0.05, 0) is 38.1 Å². The van der Waals surface area contributed by atoms with Crippen molar-refractivity contribution in [3.63, 3.8) is 0 Å². The van der Waals surface area contributed by atoms with Crippen LogP contribution in [0.1, 0.15) is 31.1 Å². The van der Waals surface area contributed by atoms with Gasteiger partial charge < -0.3 is 9.84 Å². The van der Waals surface area contributed by atoms with Crippen LogP contribution in [0.5, 0.6) is 5.75 Å². The second-order valence-electron chi connectivity index (χ2n) is 4.69. The Morgan fingerprint density at radius 3 is 2.60 bits per heavy atom. The molecule has 3 nitrogen and oxygen atoms in total. The Hall–Kier alpha value is -1.29. The van der Waals surface area contributed by atoms with Crippen LogP contribution in [-0.2, 0) is 0 Å². The molecule has 0 bridgehead atoms. The molecule has 1 unspecified atom stereocenters. The monoisotopic (exact) mass is 311 g/mol. The van der Waals surface area contributed by atoms with Gasteiger partial charge in [0.2, 0.25) is 0 Å². The first kappa shape index (κ1) is 15.1. The van der Waals surface area contributed by atoms with Crippen LogP contribution in [0.25, 0.3) is 0 Å². The Labute approximate surface area is 128 Å². The van der Waals surface area contributed by atoms with E-state index in [9.17, 15) is 5.11 Å². The predicted octanol–water partition coefficient (Wildman–Crippen LogP) is 4.26. The average molecular weight is 312 g/mol. The van der Waals surface area contributed by atoms with Gasteiger partial charge in [-0.15, -0.1) is 0 Å². The van der Waals surface area contributed by atoms with Gasteiger partial charge in [-0.3, -0.25) is 4.98 Å². The number of hydrogen-bond acceptors (Lipinski definition) is 3. The molecule has 5 heteroatoms. The molecule has 0 spiro atoms. The SMILES string of the molecule is CC(C)Oc1cncc(C(O)c2cc(Cl)ccc2Cl)c1. The van der Waals surface area contributed by atoms with E-state index in [0.29, 0.717) is 26.9 Å². The minimum absolute atomic E-state index is 0.0407. The highest BCUT2D eigenvalue weighted by molar-refractivity contribution is 6.33. The third kappa shape index (κ3) is 3.63. The van der Waals surface area contributed by atoms with Crippen LogP contribution in [0, 0.1) is 0 Å². The third-order valence-electron chi connectivity index (χ3n) is 2.67. The van der Waals surface area contributed by atoms with Crippen molar-refractivity contribution in [3.05, 3.63) is 57.8 Å². The van der Waals surface area contributed by atoms with Crippen LogP contribution >= 0.6 is 23.2 Å². The molecule has 1 atom stereocenters. The zero-order valence-corrected chi connectivity index (χ0v) is 12.7. The molecule has 20 heavy (non-hydrogen) atoms. The van der Waals surface area contributed by atoms with E-state index >= 15 is 0 Å². The van der Waals surface area contributed by atoms with Gasteiger partial charge in [-0.25, -0.2) is 0 Å². The summed E-state index contributed by atoms with van der Waals surface area (Å²) < 4.78 is 5.56. The third-order valence-corrected chi connectivity index (χ3v) is 3.25. The molecule has 2 rings (SSSR count). The quantitative estimate of drug-likeness (QED) is 0.917. The summed E-state index contributed by atoms with van der Waals surface area (Å²) in [5, 5.41) is 11.4. The maximum Gasteiger partial charge on any atom is 0.138 e. The normalized spacial score (nSPS) is 12.5. The Balaban J connectivity index is 2.33. The van der Waals surface area contributed by atoms with Crippen molar-refractivity contribution in [2.24, 2.45) is 0 Å². The van der Waals surface area contributed by atoms with E-state index < -0.39 is 6.10 Å². The molecule has 1 aromatic carbocycles. The number of aliphatic hydroxyl groups excluding tert-OH is 1. The molecular weight excluding hydrogens is 297 g/mol. The minimum atomic E-state index is -0.899. The number of aromatic nitrogens is 1. The lowest BCUT2D eigenvalue weighted by atomic mass is 10.0. The molecule has 0 aliphatic carbocycles. The highest BCUT2D eigenvalue weighted by Crippen LogP contribution is 2.31. The first-order valence-electron chi connectivity index (χ1n) is 6.22. The van der Waals surface area contributed by atoms with Gasteiger partial charge in [-0.2, -0.15) is 0 Å². The molecule has 0 amide bonds. The van der Waals surface area contributed by atoms with Crippen LogP contribution in [0.15, 0.2) is 36.7 Å². The highest BCUT2D eigenvalue weighted by atomic mass is 35.5. The highest BCUT2D eigenvalue weighted by Gasteiger charge is 2.16. The summed E-state index contributed by atoms with van der Waals surface area (Å²) >= 11 is 12.0. The molecule has 1 heterocycles. The summed E-state index contributed by atoms with van der Waals surface area (Å²) in [6.45, 7) is 3.86. The zero-order chi connectivity index (χ0) is 14.7. The fraction of sp³-hybridized carbons (Fsp3) is 0.267. The number of benzene rings is 1. The van der Waals surface area contributed by atoms with Crippen LogP contribution in [0.2, 0.25) is 10.0 Å². The van der Waals surface area contributed by atoms with Crippen molar-refractivity contribution in [2.75, 3.05) is 0 Å². The summed E-state index contributed by atoms with van der Waals surface area (Å²) in [5.41, 5.74) is 1.15. The standard InChI is InChI=1S/C15H15Cl2NO2/c1-9(2)20-12-5-10(7-18-8-12)15(19)13-6-11(16)3-4-14(13)17/h3-9,15,19H,1-2H3. The van der Waals surface area contributed by atoms with E-state index in [2.05, 4.69) is 4.98 Å². The van der Waals surface area contributed by atoms with Gasteiger partial charge in [0.25, 0.3) is 0 Å². The van der Waals surface area contributed by atoms with Crippen molar-refractivity contribution in [1.82, 2.24) is 4.98 Å². The Kier molecular flexibility index (Phi) is 4.86. The van der Waals surface area contributed by atoms with E-state index in [-0.39, 0.29) is 6.10 Å². The number of pyridine rings is 1. The second kappa shape index (κ2) is 6.44. The number of hydrogen-bond donors (Lipinski definition) is 1. The molecule has 0 fully saturated rings. The van der Waals surface area contributed by atoms with Crippen LogP contribution in [0.4, 0.5) is 0 Å². The van der Waals surface area contributed by atoms with Gasteiger partial charge in [0.15, 0.2) is 0 Å². The second-order valence-corrected chi connectivity index (χ2v) is 5.53. The zero-order valence-electron chi connectivity index (χ0n) is 11.2. The van der Waals surface area contributed by atoms with Crippen LogP contribution in [-0.4, -0.2) is 16.2 Å². The molecular formula is C15H15Cl2NO2. The lowest BCUT2D eigenvalue weighted by Gasteiger charge is -2.15. The minimum Gasteiger partial charge on any atom is -0.489 e. The number of aliphatic hydroxyl groups is 1. The fourth-order valence-corrected chi connectivity index (χ4v) is 2.23. The van der Waals surface area contributed by atoms with Crippen molar-refractivity contribution < 1.29 is 9.84 Å². The van der Waals surface area contributed by atoms with Gasteiger partial charge in [0.05, 0.1) is 12.3 Å². The Morgan fingerprint density at radius 2 is 1.90 bits per heavy atom. The molecule has 0 saturated carbocycles. The van der Waals surface area contributed by atoms with Gasteiger partial charge >= 0.3 is 0 Å². The van der Waals surface area contributed by atoms with Crippen LogP contribution < -0.4 is 4.74 Å². The number of nitrogens with zero attached hydrogens (tertiary/aromatic N) is 1. The molecule has 0 radical (unpaired) electrons. The van der Waals surface area contributed by atoms with E-state index in [1.165, 1.54) is 0 Å². The lowest BCUT2D eigenvalue weighted by molar-refractivity contribution is 0.215. The Bertz CT molecular complexity index is 602. The van der Waals surface area contributed by atoms with E-state index in [4.69, 9.17) is 27.9 Å². The molecule has 106 valence electrons. The first-order chi connectivity index (χ1) is 9.47. The van der Waals surface area contributed by atoms with Crippen LogP contribution in [0.3, 0.4) is 0 Å². The number of rotatable bonds is 4. The van der Waals surface area contributed by atoms with Gasteiger partial charge in [-0.1, -0.05) is 23.2 Å². The van der Waals surface area contributed by atoms with Crippen molar-refractivity contribution in [3.8, 4) is 5.75 Å². The van der Waals surface area contributed by atoms with E-state index in [0.717, 1.165) is 0 Å². The molecule has 1 aromatic heterocycles. The summed E-state index contributed by atoms with van der Waals surface area (Å²) in [5.74, 6) is 0.606. The van der Waals surface area contributed by atoms with Gasteiger partial charge in [0.1, 0.15) is 11.9 Å². The molecule has 0 saturated heterocycles. The number of halogens is 2. The molecule has 2 aromatic rings. The topological polar surface area (TPSA) is 42.4 Å². The summed E-state index contributed by atoms with van der Waals surface area (Å²) in [7, 11) is 0. The van der Waals surface area contributed by atoms with E-state index in [1.807, 2.05) is 13.8 Å². The molecule has 1 N–H and O–H groups in total. The predicted molar refractivity (Wildman–Crippen MR) is 80.5 cm³/mol. The first-order valence-corrected chi connectivity index (χ1v) is 6.97. The summed E-state index contributed by atoms with van der Waals surface area (Å²) in [6, 6.07) is 6.72. The molecule has 0 aliphatic heterocycles. The molecule has 0 aliphatic rings. The summed E-state index contributed by atoms with van der Waals surface area (Å²) in [6.07, 6.45) is 2.33.